The van der Waals surface area contributed by atoms with Crippen LogP contribution in [0, 0.1) is 0 Å². The van der Waals surface area contributed by atoms with Gasteiger partial charge in [-0.1, -0.05) is 0 Å². The summed E-state index contributed by atoms with van der Waals surface area (Å²) in [6, 6.07) is -1.16. The van der Waals surface area contributed by atoms with Crippen LogP contribution in [0.15, 0.2) is 11.0 Å². The highest BCUT2D eigenvalue weighted by Gasteiger charge is 2.43. The predicted octanol–water partition coefficient (Wildman–Crippen LogP) is -4.53. The largest absolute Gasteiger partial charge is 0.394 e. The molecule has 3 heterocycles. The van der Waals surface area contributed by atoms with Gasteiger partial charge in [-0.3, -0.25) is 9.78 Å². The number of aromatic nitrogens is 4. The number of rotatable bonds is 6. The number of nitrogens with zero attached hydrogens (tertiary/aromatic N) is 3. The molecule has 14 nitrogen and oxygen atoms in total. The Balaban J connectivity index is 1.68. The lowest BCUT2D eigenvalue weighted by atomic mass is 9.98. The molecule has 0 saturated carbocycles. The van der Waals surface area contributed by atoms with Crippen LogP contribution in [-0.4, -0.2) is 95.4 Å². The summed E-state index contributed by atoms with van der Waals surface area (Å²) in [6.07, 6.45) is -7.22. The minimum absolute atomic E-state index is 0.0305. The number of aromatic amines is 1. The molecule has 0 aromatic carbocycles. The molecule has 0 bridgehead atoms. The highest BCUT2D eigenvalue weighted by atomic mass is 16.7. The first-order valence-corrected chi connectivity index (χ1v) is 8.61. The van der Waals surface area contributed by atoms with Crippen LogP contribution in [0.5, 0.6) is 0 Å². The van der Waals surface area contributed by atoms with E-state index in [2.05, 4.69) is 19.9 Å². The van der Waals surface area contributed by atoms with Gasteiger partial charge in [0.25, 0.3) is 5.56 Å². The Kier molecular flexibility index (Phi) is 6.35. The van der Waals surface area contributed by atoms with Gasteiger partial charge >= 0.3 is 0 Å². The molecule has 160 valence electrons. The second kappa shape index (κ2) is 8.60. The second-order valence-electron chi connectivity index (χ2n) is 6.55. The van der Waals surface area contributed by atoms with Gasteiger partial charge in [0, 0.05) is 0 Å². The number of hydrogen-bond donors (Lipinski definition) is 8. The van der Waals surface area contributed by atoms with Gasteiger partial charge in [0.1, 0.15) is 30.5 Å². The van der Waals surface area contributed by atoms with Crippen molar-refractivity contribution in [1.82, 2.24) is 19.9 Å². The van der Waals surface area contributed by atoms with Crippen LogP contribution in [0.3, 0.4) is 0 Å². The molecule has 7 atom stereocenters. The van der Waals surface area contributed by atoms with E-state index in [0.717, 1.165) is 6.20 Å². The van der Waals surface area contributed by atoms with Crippen LogP contribution in [0.2, 0.25) is 0 Å². The number of aliphatic hydroxyl groups excluding tert-OH is 5. The van der Waals surface area contributed by atoms with Crippen molar-refractivity contribution in [2.45, 2.75) is 42.9 Å². The van der Waals surface area contributed by atoms with Crippen molar-refractivity contribution < 1.29 is 35.0 Å². The molecule has 10 N–H and O–H groups in total. The average Bonchev–Trinajstić information content (AvgIpc) is 2.70. The zero-order valence-electron chi connectivity index (χ0n) is 15.0. The zero-order chi connectivity index (χ0) is 21.3. The van der Waals surface area contributed by atoms with Crippen LogP contribution < -0.4 is 17.0 Å². The Morgan fingerprint density at radius 2 is 2.00 bits per heavy atom. The molecule has 0 spiro atoms. The van der Waals surface area contributed by atoms with Crippen molar-refractivity contribution in [2.75, 3.05) is 18.9 Å². The van der Waals surface area contributed by atoms with E-state index in [4.69, 9.17) is 20.9 Å². The van der Waals surface area contributed by atoms with E-state index >= 15 is 0 Å². The van der Waals surface area contributed by atoms with E-state index in [1.54, 1.807) is 0 Å². The molecule has 2 aromatic rings. The van der Waals surface area contributed by atoms with Gasteiger partial charge in [0.15, 0.2) is 17.5 Å². The topological polar surface area (TPSA) is 243 Å². The number of anilines is 1. The van der Waals surface area contributed by atoms with Crippen molar-refractivity contribution in [1.29, 1.82) is 0 Å². The summed E-state index contributed by atoms with van der Waals surface area (Å²) in [5.41, 5.74) is 10.2. The van der Waals surface area contributed by atoms with Crippen molar-refractivity contribution >= 4 is 17.1 Å². The first kappa shape index (κ1) is 21.4. The van der Waals surface area contributed by atoms with Crippen molar-refractivity contribution in [3.05, 3.63) is 22.2 Å². The molecule has 1 saturated heterocycles. The normalized spacial score (nSPS) is 29.7. The van der Waals surface area contributed by atoms with Crippen LogP contribution >= 0.6 is 0 Å². The van der Waals surface area contributed by atoms with Gasteiger partial charge in [0.2, 0.25) is 5.95 Å². The van der Waals surface area contributed by atoms with Gasteiger partial charge in [-0.15, -0.1) is 0 Å². The highest BCUT2D eigenvalue weighted by molar-refractivity contribution is 5.69. The summed E-state index contributed by atoms with van der Waals surface area (Å²) >= 11 is 0. The van der Waals surface area contributed by atoms with Crippen molar-refractivity contribution in [3.63, 3.8) is 0 Å². The monoisotopic (exact) mass is 414 g/mol. The fourth-order valence-corrected chi connectivity index (χ4v) is 2.83. The minimum atomic E-state index is -1.59. The van der Waals surface area contributed by atoms with E-state index in [1.165, 1.54) is 0 Å². The molecule has 1 fully saturated rings. The third kappa shape index (κ3) is 4.34. The van der Waals surface area contributed by atoms with Crippen molar-refractivity contribution in [3.8, 4) is 0 Å². The summed E-state index contributed by atoms with van der Waals surface area (Å²) < 4.78 is 10.6. The summed E-state index contributed by atoms with van der Waals surface area (Å²) in [4.78, 5) is 25.8. The quantitative estimate of drug-likeness (QED) is 0.222. The molecule has 0 amide bonds. The molecule has 2 aromatic heterocycles. The van der Waals surface area contributed by atoms with Gasteiger partial charge in [-0.2, -0.15) is 4.98 Å². The zero-order valence-corrected chi connectivity index (χ0v) is 15.0. The summed E-state index contributed by atoms with van der Waals surface area (Å²) in [6.45, 7) is -1.09. The lowest BCUT2D eigenvalue weighted by molar-refractivity contribution is -0.272. The number of nitrogen functional groups attached to an aromatic ring is 1. The van der Waals surface area contributed by atoms with E-state index in [9.17, 15) is 30.3 Å². The summed E-state index contributed by atoms with van der Waals surface area (Å²) in [7, 11) is 0. The van der Waals surface area contributed by atoms with Crippen LogP contribution in [-0.2, 0) is 9.47 Å². The van der Waals surface area contributed by atoms with E-state index in [-0.39, 0.29) is 22.8 Å². The smallest absolute Gasteiger partial charge is 0.280 e. The summed E-state index contributed by atoms with van der Waals surface area (Å²) in [5.74, 6) is -0.143. The average molecular weight is 414 g/mol. The maximum atomic E-state index is 11.9. The van der Waals surface area contributed by atoms with Gasteiger partial charge in [-0.05, 0) is 0 Å². The molecule has 14 heteroatoms. The fourth-order valence-electron chi connectivity index (χ4n) is 2.83. The van der Waals surface area contributed by atoms with Gasteiger partial charge in [-0.25, -0.2) is 9.97 Å². The molecular weight excluding hydrogens is 392 g/mol. The SMILES string of the molecule is Nc1nc2ncc(C(O)[C@H](O)CO[C@H]3O[C@H](CO)[C@@H](O)[C@H](O)[C@H]3N)nc2c(=O)[nH]1. The Bertz CT molecular complexity index is 910. The van der Waals surface area contributed by atoms with Crippen LogP contribution in [0.1, 0.15) is 11.8 Å². The Morgan fingerprint density at radius 1 is 1.28 bits per heavy atom. The molecule has 29 heavy (non-hydrogen) atoms. The third-order valence-electron chi connectivity index (χ3n) is 4.48. The Labute approximate surface area is 162 Å². The number of nitrogens with one attached hydrogen (secondary N) is 1. The maximum Gasteiger partial charge on any atom is 0.280 e. The van der Waals surface area contributed by atoms with E-state index in [1.807, 2.05) is 0 Å². The Morgan fingerprint density at radius 3 is 2.69 bits per heavy atom. The molecule has 1 aliphatic rings. The number of H-pyrrole nitrogens is 1. The van der Waals surface area contributed by atoms with E-state index in [0.29, 0.717) is 0 Å². The highest BCUT2D eigenvalue weighted by Crippen LogP contribution is 2.22. The van der Waals surface area contributed by atoms with Crippen LogP contribution in [0.25, 0.3) is 11.2 Å². The molecule has 0 aliphatic carbocycles. The first-order valence-electron chi connectivity index (χ1n) is 8.61. The molecular formula is C15H22N6O8. The molecule has 1 aliphatic heterocycles. The van der Waals surface area contributed by atoms with Gasteiger partial charge < -0.3 is 46.5 Å². The van der Waals surface area contributed by atoms with E-state index < -0.39 is 61.6 Å². The second-order valence-corrected chi connectivity index (χ2v) is 6.55. The molecule has 1 unspecified atom stereocenters. The maximum absolute atomic E-state index is 11.9. The number of fused-ring (bicyclic) bond motifs is 1. The predicted molar refractivity (Wildman–Crippen MR) is 95.0 cm³/mol. The van der Waals surface area contributed by atoms with Gasteiger partial charge in [0.05, 0.1) is 31.1 Å². The number of aliphatic hydroxyl groups is 5. The molecule has 0 radical (unpaired) electrons. The number of hydrogen-bond acceptors (Lipinski definition) is 13. The van der Waals surface area contributed by atoms with Crippen molar-refractivity contribution in [2.24, 2.45) is 5.73 Å². The fraction of sp³-hybridized carbons (Fsp3) is 0.600. The lowest BCUT2D eigenvalue weighted by Crippen LogP contribution is -2.62. The Hall–Kier alpha value is -2.30. The standard InChI is InChI=1S/C15H22N6O8/c16-7-11(26)10(25)6(2-22)29-14(7)28-3-5(23)9(24)4-1-18-12-8(19-4)13(27)21-15(17)20-12/h1,5-7,9-11,14,22-26H,2-3,16H2,(H3,17,18,20,21,27)/t5-,6-,7-,9?,10-,11-,14+/m1/s1. The third-order valence-corrected chi connectivity index (χ3v) is 4.48. The lowest BCUT2D eigenvalue weighted by Gasteiger charge is -2.40. The molecule has 3 rings (SSSR count). The number of ether oxygens (including phenoxy) is 2. The summed E-state index contributed by atoms with van der Waals surface area (Å²) in [5, 5.41) is 49.3. The number of nitrogens with two attached hydrogens (primary N) is 2. The minimum Gasteiger partial charge on any atom is -0.394 e. The van der Waals surface area contributed by atoms with Crippen LogP contribution in [0.4, 0.5) is 5.95 Å². The first-order chi connectivity index (χ1) is 13.7.